The van der Waals surface area contributed by atoms with Gasteiger partial charge in [-0.05, 0) is 38.1 Å². The number of aromatic nitrogens is 1. The van der Waals surface area contributed by atoms with Gasteiger partial charge in [-0.15, -0.1) is 0 Å². The smallest absolute Gasteiger partial charge is 0.408 e. The molecule has 9 heteroatoms. The van der Waals surface area contributed by atoms with E-state index in [1.807, 2.05) is 0 Å². The fourth-order valence-electron chi connectivity index (χ4n) is 3.46. The summed E-state index contributed by atoms with van der Waals surface area (Å²) < 4.78 is 24.1. The molecule has 4 N–H and O–H groups in total. The van der Waals surface area contributed by atoms with Gasteiger partial charge in [-0.3, -0.25) is 4.79 Å². The number of hydrogen-bond donors (Lipinski definition) is 4. The zero-order valence-corrected chi connectivity index (χ0v) is 15.8. The molecular weight excluding hydrogens is 381 g/mol. The molecular formula is C20H20FN3O5. The lowest BCUT2D eigenvalue weighted by Crippen LogP contribution is -2.43. The molecule has 1 aromatic carbocycles. The fourth-order valence-corrected chi connectivity index (χ4v) is 3.46. The van der Waals surface area contributed by atoms with E-state index in [0.717, 1.165) is 0 Å². The maximum absolute atomic E-state index is 13.6. The number of amides is 2. The van der Waals surface area contributed by atoms with Crippen molar-refractivity contribution in [2.45, 2.75) is 26.0 Å². The number of benzene rings is 1. The molecule has 4 rings (SSSR count). The Balaban J connectivity index is 1.58. The first-order valence-corrected chi connectivity index (χ1v) is 9.09. The Labute approximate surface area is 165 Å². The lowest BCUT2D eigenvalue weighted by atomic mass is 10.0. The van der Waals surface area contributed by atoms with E-state index < -0.39 is 24.1 Å². The van der Waals surface area contributed by atoms with Crippen molar-refractivity contribution in [3.63, 3.8) is 0 Å². The van der Waals surface area contributed by atoms with Crippen LogP contribution in [0.5, 0.6) is 5.75 Å². The summed E-state index contributed by atoms with van der Waals surface area (Å²) in [6.45, 7) is 3.84. The lowest BCUT2D eigenvalue weighted by molar-refractivity contribution is -0.110. The summed E-state index contributed by atoms with van der Waals surface area (Å²) >= 11 is 0. The molecule has 0 aliphatic carbocycles. The van der Waals surface area contributed by atoms with E-state index in [2.05, 4.69) is 15.6 Å². The third-order valence-electron chi connectivity index (χ3n) is 5.01. The van der Waals surface area contributed by atoms with Gasteiger partial charge in [0.15, 0.2) is 5.75 Å². The number of carbonyl (C=O) groups is 2. The number of fused-ring (bicyclic) bond motifs is 1. The molecule has 29 heavy (non-hydrogen) atoms. The summed E-state index contributed by atoms with van der Waals surface area (Å²) in [5.41, 5.74) is 3.09. The van der Waals surface area contributed by atoms with Crippen molar-refractivity contribution < 1.29 is 28.6 Å². The molecule has 0 bridgehead atoms. The first-order valence-electron chi connectivity index (χ1n) is 9.09. The highest BCUT2D eigenvalue weighted by Gasteiger charge is 2.29. The van der Waals surface area contributed by atoms with E-state index in [4.69, 9.17) is 9.47 Å². The van der Waals surface area contributed by atoms with E-state index >= 15 is 0 Å². The molecule has 0 spiro atoms. The van der Waals surface area contributed by atoms with Gasteiger partial charge in [-0.25, -0.2) is 9.18 Å². The van der Waals surface area contributed by atoms with Gasteiger partial charge >= 0.3 is 6.09 Å². The minimum atomic E-state index is -0.780. The summed E-state index contributed by atoms with van der Waals surface area (Å²) in [6.07, 6.45) is 0.106. The van der Waals surface area contributed by atoms with Crippen LogP contribution in [0.1, 0.15) is 22.5 Å². The van der Waals surface area contributed by atoms with Crippen LogP contribution in [0.2, 0.25) is 0 Å². The summed E-state index contributed by atoms with van der Waals surface area (Å²) in [5, 5.41) is 15.0. The first-order chi connectivity index (χ1) is 13.8. The molecule has 3 heterocycles. The van der Waals surface area contributed by atoms with Gasteiger partial charge in [0.2, 0.25) is 0 Å². The maximum Gasteiger partial charge on any atom is 0.413 e. The number of rotatable bonds is 3. The number of aryl methyl sites for hydroxylation is 1. The van der Waals surface area contributed by atoms with Crippen molar-refractivity contribution in [1.29, 1.82) is 0 Å². The molecule has 0 radical (unpaired) electrons. The van der Waals surface area contributed by atoms with E-state index in [0.29, 0.717) is 39.5 Å². The van der Waals surface area contributed by atoms with Crippen molar-refractivity contribution in [2.24, 2.45) is 0 Å². The summed E-state index contributed by atoms with van der Waals surface area (Å²) in [5.74, 6) is -0.461. The van der Waals surface area contributed by atoms with Crippen molar-refractivity contribution in [3.8, 4) is 5.75 Å². The number of hydrogen-bond acceptors (Lipinski definition) is 5. The van der Waals surface area contributed by atoms with Crippen molar-refractivity contribution in [3.05, 3.63) is 46.5 Å². The van der Waals surface area contributed by atoms with Crippen LogP contribution in [-0.4, -0.2) is 47.5 Å². The van der Waals surface area contributed by atoms with Gasteiger partial charge in [0.1, 0.15) is 5.82 Å². The topological polar surface area (TPSA) is 113 Å². The number of nitrogens with one attached hydrogen (secondary N) is 3. The highest BCUT2D eigenvalue weighted by atomic mass is 19.1. The number of aromatic amines is 1. The molecule has 2 aromatic rings. The number of anilines is 1. The lowest BCUT2D eigenvalue weighted by Gasteiger charge is -2.14. The average molecular weight is 401 g/mol. The Kier molecular flexibility index (Phi) is 4.85. The molecule has 152 valence electrons. The normalized spacial score (nSPS) is 21.9. The Morgan fingerprint density at radius 2 is 2.17 bits per heavy atom. The molecule has 8 nitrogen and oxygen atoms in total. The molecule has 2 aliphatic heterocycles. The van der Waals surface area contributed by atoms with Crippen LogP contribution in [0, 0.1) is 19.7 Å². The van der Waals surface area contributed by atoms with E-state index in [1.165, 1.54) is 18.2 Å². The minimum Gasteiger partial charge on any atom is -0.408 e. The van der Waals surface area contributed by atoms with Crippen molar-refractivity contribution >= 4 is 29.3 Å². The SMILES string of the molecule is Cc1[nH]c(/C=C2\C(=O)Nc3ccc(F)cc32)c(C)c1OC(=O)NC1COCC1O. The number of H-pyrrole nitrogens is 1. The number of ether oxygens (including phenoxy) is 2. The quantitative estimate of drug-likeness (QED) is 0.589. The number of halogens is 1. The van der Waals surface area contributed by atoms with E-state index in [-0.39, 0.29) is 19.1 Å². The Morgan fingerprint density at radius 1 is 1.38 bits per heavy atom. The number of aliphatic hydroxyl groups excluding tert-OH is 1. The Hall–Kier alpha value is -3.17. The highest BCUT2D eigenvalue weighted by molar-refractivity contribution is 6.34. The molecule has 2 unspecified atom stereocenters. The third-order valence-corrected chi connectivity index (χ3v) is 5.01. The van der Waals surface area contributed by atoms with Crippen LogP contribution in [0.15, 0.2) is 18.2 Å². The van der Waals surface area contributed by atoms with Gasteiger partial charge in [0, 0.05) is 22.5 Å². The van der Waals surface area contributed by atoms with Crippen LogP contribution in [-0.2, 0) is 9.53 Å². The maximum atomic E-state index is 13.6. The highest BCUT2D eigenvalue weighted by Crippen LogP contribution is 2.35. The van der Waals surface area contributed by atoms with E-state index in [9.17, 15) is 19.1 Å². The molecule has 1 saturated heterocycles. The van der Waals surface area contributed by atoms with E-state index in [1.54, 1.807) is 19.9 Å². The summed E-state index contributed by atoms with van der Waals surface area (Å²) in [4.78, 5) is 27.6. The Bertz CT molecular complexity index is 1030. The predicted molar refractivity (Wildman–Crippen MR) is 103 cm³/mol. The van der Waals surface area contributed by atoms with Crippen LogP contribution >= 0.6 is 0 Å². The Morgan fingerprint density at radius 3 is 2.90 bits per heavy atom. The molecule has 1 fully saturated rings. The van der Waals surface area contributed by atoms with Crippen LogP contribution in [0.25, 0.3) is 11.6 Å². The largest absolute Gasteiger partial charge is 0.413 e. The zero-order chi connectivity index (χ0) is 20.7. The van der Waals surface area contributed by atoms with Crippen LogP contribution in [0.3, 0.4) is 0 Å². The molecule has 1 aromatic heterocycles. The predicted octanol–water partition coefficient (Wildman–Crippen LogP) is 2.11. The molecule has 0 saturated carbocycles. The van der Waals surface area contributed by atoms with Gasteiger partial charge in [0.25, 0.3) is 5.91 Å². The zero-order valence-electron chi connectivity index (χ0n) is 15.8. The fraction of sp³-hybridized carbons (Fsp3) is 0.300. The van der Waals surface area contributed by atoms with Gasteiger partial charge < -0.3 is 30.2 Å². The van der Waals surface area contributed by atoms with Gasteiger partial charge in [-0.2, -0.15) is 0 Å². The standard InChI is InChI=1S/C20H20FN3O5/c1-9-15(6-13-12-5-11(21)3-4-14(12)23-19(13)26)22-10(2)18(9)29-20(27)24-16-7-28-8-17(16)25/h3-6,16-17,22,25H,7-8H2,1-2H3,(H,23,26)(H,24,27)/b13-6-. The second-order valence-electron chi connectivity index (χ2n) is 7.06. The third kappa shape index (κ3) is 3.62. The molecule has 2 amide bonds. The van der Waals surface area contributed by atoms with Crippen LogP contribution in [0.4, 0.5) is 14.9 Å². The number of aliphatic hydroxyl groups is 1. The van der Waals surface area contributed by atoms with Gasteiger partial charge in [0.05, 0.1) is 36.6 Å². The average Bonchev–Trinajstić information content (AvgIpc) is 3.28. The van der Waals surface area contributed by atoms with Crippen molar-refractivity contribution in [2.75, 3.05) is 18.5 Å². The van der Waals surface area contributed by atoms with Gasteiger partial charge in [-0.1, -0.05) is 0 Å². The number of carbonyl (C=O) groups excluding carboxylic acids is 2. The van der Waals surface area contributed by atoms with Crippen molar-refractivity contribution in [1.82, 2.24) is 10.3 Å². The first kappa shape index (κ1) is 19.2. The second-order valence-corrected chi connectivity index (χ2v) is 7.06. The molecule has 2 atom stereocenters. The van der Waals surface area contributed by atoms with Crippen LogP contribution < -0.4 is 15.4 Å². The minimum absolute atomic E-state index is 0.162. The summed E-state index contributed by atoms with van der Waals surface area (Å²) in [7, 11) is 0. The summed E-state index contributed by atoms with van der Waals surface area (Å²) in [6, 6.07) is 3.56. The molecule has 2 aliphatic rings. The monoisotopic (exact) mass is 401 g/mol. The second kappa shape index (κ2) is 7.34.